The van der Waals surface area contributed by atoms with Crippen molar-refractivity contribution in [2.75, 3.05) is 17.2 Å². The number of nitrogens with one attached hydrogen (secondary N) is 3. The Kier molecular flexibility index (Phi) is 3.77. The van der Waals surface area contributed by atoms with Gasteiger partial charge in [0.05, 0.1) is 17.4 Å². The van der Waals surface area contributed by atoms with E-state index in [-0.39, 0.29) is 18.0 Å². The van der Waals surface area contributed by atoms with Crippen molar-refractivity contribution in [1.29, 1.82) is 0 Å². The monoisotopic (exact) mass is 281 g/mol. The molecule has 4 heteroatoms. The average Bonchev–Trinajstić information content (AvgIpc) is 2.55. The summed E-state index contributed by atoms with van der Waals surface area (Å²) in [5.41, 5.74) is 3.11. The Labute approximate surface area is 124 Å². The molecule has 4 nitrogen and oxygen atoms in total. The quantitative estimate of drug-likeness (QED) is 0.811. The standard InChI is InChI=1S/C17H19N3O/c1-12(13-7-3-2-4-8-13)19-17(21)16-11-18-14-9-5-6-10-15(14)20-16/h2-10,12,16,18,20H,11H2,1H3,(H,19,21). The molecule has 108 valence electrons. The number of benzene rings is 2. The van der Waals surface area contributed by atoms with Gasteiger partial charge in [0.2, 0.25) is 5.91 Å². The lowest BCUT2D eigenvalue weighted by atomic mass is 10.1. The van der Waals surface area contributed by atoms with E-state index < -0.39 is 0 Å². The predicted octanol–water partition coefficient (Wildman–Crippen LogP) is 2.77. The molecule has 3 N–H and O–H groups in total. The largest absolute Gasteiger partial charge is 0.381 e. The van der Waals surface area contributed by atoms with Gasteiger partial charge in [-0.15, -0.1) is 0 Å². The summed E-state index contributed by atoms with van der Waals surface area (Å²) < 4.78 is 0. The maximum Gasteiger partial charge on any atom is 0.244 e. The predicted molar refractivity (Wildman–Crippen MR) is 85.3 cm³/mol. The molecule has 2 unspecified atom stereocenters. The molecule has 1 aliphatic rings. The van der Waals surface area contributed by atoms with E-state index in [0.29, 0.717) is 6.54 Å². The van der Waals surface area contributed by atoms with Gasteiger partial charge in [0.15, 0.2) is 0 Å². The van der Waals surface area contributed by atoms with E-state index in [0.717, 1.165) is 16.9 Å². The fraction of sp³-hybridized carbons (Fsp3) is 0.235. The van der Waals surface area contributed by atoms with E-state index in [1.165, 1.54) is 0 Å². The number of para-hydroxylation sites is 2. The number of rotatable bonds is 3. The fourth-order valence-corrected chi connectivity index (χ4v) is 2.51. The van der Waals surface area contributed by atoms with Crippen molar-refractivity contribution in [3.8, 4) is 0 Å². The molecule has 0 aromatic heterocycles. The van der Waals surface area contributed by atoms with E-state index >= 15 is 0 Å². The highest BCUT2D eigenvalue weighted by Gasteiger charge is 2.24. The van der Waals surface area contributed by atoms with E-state index in [2.05, 4.69) is 16.0 Å². The molecule has 0 radical (unpaired) electrons. The molecule has 21 heavy (non-hydrogen) atoms. The summed E-state index contributed by atoms with van der Waals surface area (Å²) >= 11 is 0. The third-order valence-corrected chi connectivity index (χ3v) is 3.73. The number of fused-ring (bicyclic) bond motifs is 1. The third kappa shape index (κ3) is 2.99. The topological polar surface area (TPSA) is 53.2 Å². The Morgan fingerprint density at radius 2 is 1.76 bits per heavy atom. The van der Waals surface area contributed by atoms with Crippen LogP contribution in [0.4, 0.5) is 11.4 Å². The highest BCUT2D eigenvalue weighted by atomic mass is 16.2. The second-order valence-electron chi connectivity index (χ2n) is 5.26. The van der Waals surface area contributed by atoms with E-state index in [4.69, 9.17) is 0 Å². The second-order valence-corrected chi connectivity index (χ2v) is 5.26. The molecule has 0 fully saturated rings. The first kappa shape index (κ1) is 13.5. The summed E-state index contributed by atoms with van der Waals surface area (Å²) in [7, 11) is 0. The minimum Gasteiger partial charge on any atom is -0.381 e. The summed E-state index contributed by atoms with van der Waals surface area (Å²) in [4.78, 5) is 12.4. The molecule has 1 heterocycles. The van der Waals surface area contributed by atoms with Crippen LogP contribution in [0.1, 0.15) is 18.5 Å². The van der Waals surface area contributed by atoms with Gasteiger partial charge in [0.25, 0.3) is 0 Å². The van der Waals surface area contributed by atoms with Gasteiger partial charge in [0, 0.05) is 6.54 Å². The van der Waals surface area contributed by atoms with Gasteiger partial charge < -0.3 is 16.0 Å². The summed E-state index contributed by atoms with van der Waals surface area (Å²) in [6, 6.07) is 17.6. The van der Waals surface area contributed by atoms with Gasteiger partial charge in [-0.3, -0.25) is 4.79 Å². The number of hydrogen-bond donors (Lipinski definition) is 3. The van der Waals surface area contributed by atoms with E-state index in [9.17, 15) is 4.79 Å². The molecule has 0 spiro atoms. The van der Waals surface area contributed by atoms with Crippen LogP contribution in [0, 0.1) is 0 Å². The SMILES string of the molecule is CC(NC(=O)C1CNc2ccccc2N1)c1ccccc1. The van der Waals surface area contributed by atoms with Crippen LogP contribution in [0.2, 0.25) is 0 Å². The van der Waals surface area contributed by atoms with Crippen molar-refractivity contribution < 1.29 is 4.79 Å². The average molecular weight is 281 g/mol. The molecule has 0 bridgehead atoms. The Hall–Kier alpha value is -2.49. The Morgan fingerprint density at radius 3 is 2.52 bits per heavy atom. The molecular weight excluding hydrogens is 262 g/mol. The van der Waals surface area contributed by atoms with Crippen molar-refractivity contribution >= 4 is 17.3 Å². The number of amides is 1. The Balaban J connectivity index is 1.65. The van der Waals surface area contributed by atoms with Crippen LogP contribution in [0.25, 0.3) is 0 Å². The maximum absolute atomic E-state index is 12.4. The molecule has 1 amide bonds. The van der Waals surface area contributed by atoms with Crippen molar-refractivity contribution in [1.82, 2.24) is 5.32 Å². The minimum atomic E-state index is -0.258. The second kappa shape index (κ2) is 5.87. The Bertz CT molecular complexity index is 627. The van der Waals surface area contributed by atoms with Crippen molar-refractivity contribution in [3.63, 3.8) is 0 Å². The van der Waals surface area contributed by atoms with Gasteiger partial charge >= 0.3 is 0 Å². The Morgan fingerprint density at radius 1 is 1.10 bits per heavy atom. The third-order valence-electron chi connectivity index (χ3n) is 3.73. The van der Waals surface area contributed by atoms with Crippen molar-refractivity contribution in [2.45, 2.75) is 19.0 Å². The zero-order valence-electron chi connectivity index (χ0n) is 12.0. The molecule has 0 saturated heterocycles. The number of anilines is 2. The molecule has 0 aliphatic carbocycles. The lowest BCUT2D eigenvalue weighted by molar-refractivity contribution is -0.122. The van der Waals surface area contributed by atoms with Crippen molar-refractivity contribution in [3.05, 3.63) is 60.2 Å². The summed E-state index contributed by atoms with van der Waals surface area (Å²) in [5.74, 6) is 0.00774. The molecular formula is C17H19N3O. The smallest absolute Gasteiger partial charge is 0.244 e. The molecule has 2 atom stereocenters. The fourth-order valence-electron chi connectivity index (χ4n) is 2.51. The van der Waals surface area contributed by atoms with Crippen molar-refractivity contribution in [2.24, 2.45) is 0 Å². The van der Waals surface area contributed by atoms with Gasteiger partial charge in [0.1, 0.15) is 6.04 Å². The van der Waals surface area contributed by atoms with Crippen LogP contribution in [-0.2, 0) is 4.79 Å². The zero-order valence-corrected chi connectivity index (χ0v) is 12.0. The molecule has 2 aromatic carbocycles. The number of carbonyl (C=O) groups excluding carboxylic acids is 1. The lowest BCUT2D eigenvalue weighted by Crippen LogP contribution is -2.46. The number of carbonyl (C=O) groups is 1. The summed E-state index contributed by atoms with van der Waals surface area (Å²) in [6.45, 7) is 2.59. The van der Waals surface area contributed by atoms with Crippen LogP contribution >= 0.6 is 0 Å². The summed E-state index contributed by atoms with van der Waals surface area (Å²) in [5, 5.41) is 9.62. The van der Waals surface area contributed by atoms with Crippen LogP contribution in [0.15, 0.2) is 54.6 Å². The van der Waals surface area contributed by atoms with Gasteiger partial charge in [-0.1, -0.05) is 42.5 Å². The van der Waals surface area contributed by atoms with Gasteiger partial charge in [-0.05, 0) is 24.6 Å². The first-order chi connectivity index (χ1) is 10.2. The molecule has 1 aliphatic heterocycles. The maximum atomic E-state index is 12.4. The lowest BCUT2D eigenvalue weighted by Gasteiger charge is -2.28. The van der Waals surface area contributed by atoms with E-state index in [1.807, 2.05) is 61.5 Å². The van der Waals surface area contributed by atoms with Gasteiger partial charge in [-0.2, -0.15) is 0 Å². The molecule has 0 saturated carbocycles. The highest BCUT2D eigenvalue weighted by Crippen LogP contribution is 2.25. The molecule has 3 rings (SSSR count). The zero-order chi connectivity index (χ0) is 14.7. The minimum absolute atomic E-state index is 0.00216. The van der Waals surface area contributed by atoms with Crippen LogP contribution in [0.3, 0.4) is 0 Å². The first-order valence-electron chi connectivity index (χ1n) is 7.19. The van der Waals surface area contributed by atoms with Crippen LogP contribution < -0.4 is 16.0 Å². The number of hydrogen-bond acceptors (Lipinski definition) is 3. The molecule has 2 aromatic rings. The van der Waals surface area contributed by atoms with Crippen LogP contribution in [0.5, 0.6) is 0 Å². The van der Waals surface area contributed by atoms with E-state index in [1.54, 1.807) is 0 Å². The first-order valence-corrected chi connectivity index (χ1v) is 7.19. The van der Waals surface area contributed by atoms with Gasteiger partial charge in [-0.25, -0.2) is 0 Å². The van der Waals surface area contributed by atoms with Crippen LogP contribution in [-0.4, -0.2) is 18.5 Å². The highest BCUT2D eigenvalue weighted by molar-refractivity contribution is 5.88. The normalized spacial score (nSPS) is 17.9. The summed E-state index contributed by atoms with van der Waals surface area (Å²) in [6.07, 6.45) is 0.